The summed E-state index contributed by atoms with van der Waals surface area (Å²) < 4.78 is 5.93. The van der Waals surface area contributed by atoms with E-state index in [1.54, 1.807) is 18.5 Å². The lowest BCUT2D eigenvalue weighted by molar-refractivity contribution is 0.183. The molecule has 2 atom stereocenters. The molecule has 0 bridgehead atoms. The van der Waals surface area contributed by atoms with Crippen molar-refractivity contribution in [2.24, 2.45) is 4.99 Å². The first kappa shape index (κ1) is 17.9. The molecule has 0 radical (unpaired) electrons. The monoisotopic (exact) mass is 365 g/mol. The SMILES string of the molecule is Oc1ccc([C@@H]2NC=N[C@@H]2c2ccc(OCCN3CCCCC3)cc2)cc1. The molecule has 27 heavy (non-hydrogen) atoms. The predicted molar refractivity (Wildman–Crippen MR) is 107 cm³/mol. The summed E-state index contributed by atoms with van der Waals surface area (Å²) in [4.78, 5) is 7.08. The minimum absolute atomic E-state index is 0.0249. The molecule has 0 aliphatic carbocycles. The van der Waals surface area contributed by atoms with Gasteiger partial charge in [-0.05, 0) is 61.3 Å². The average Bonchev–Trinajstić information content (AvgIpc) is 3.20. The van der Waals surface area contributed by atoms with Crippen molar-refractivity contribution in [1.82, 2.24) is 10.2 Å². The Hall–Kier alpha value is -2.53. The van der Waals surface area contributed by atoms with E-state index in [0.717, 1.165) is 30.0 Å². The van der Waals surface area contributed by atoms with Crippen LogP contribution in [-0.2, 0) is 0 Å². The fourth-order valence-electron chi connectivity index (χ4n) is 3.86. The Morgan fingerprint density at radius 2 is 1.67 bits per heavy atom. The number of ether oxygens (including phenoxy) is 1. The quantitative estimate of drug-likeness (QED) is 0.820. The third kappa shape index (κ3) is 4.42. The largest absolute Gasteiger partial charge is 0.508 e. The maximum atomic E-state index is 9.50. The van der Waals surface area contributed by atoms with Crippen molar-refractivity contribution in [1.29, 1.82) is 0 Å². The number of nitrogens with zero attached hydrogens (tertiary/aromatic N) is 2. The molecule has 0 saturated carbocycles. The van der Waals surface area contributed by atoms with E-state index >= 15 is 0 Å². The van der Waals surface area contributed by atoms with Crippen molar-refractivity contribution in [2.75, 3.05) is 26.2 Å². The molecular formula is C22H27N3O2. The molecule has 0 amide bonds. The van der Waals surface area contributed by atoms with Gasteiger partial charge in [0.2, 0.25) is 0 Å². The number of nitrogens with one attached hydrogen (secondary N) is 1. The Morgan fingerprint density at radius 3 is 2.41 bits per heavy atom. The zero-order chi connectivity index (χ0) is 18.5. The molecule has 2 N–H and O–H groups in total. The van der Waals surface area contributed by atoms with Crippen LogP contribution in [0.1, 0.15) is 42.5 Å². The number of rotatable bonds is 6. The molecular weight excluding hydrogens is 338 g/mol. The standard InChI is InChI=1S/C22H27N3O2/c26-19-8-4-17(5-9-19)21-22(24-16-23-21)18-6-10-20(11-7-18)27-15-14-25-12-2-1-3-13-25/h4-11,16,21-22,26H,1-3,12-15H2,(H,23,24)/t21-,22+/m0/s1. The normalized spacial score (nSPS) is 22.5. The van der Waals surface area contributed by atoms with Gasteiger partial charge >= 0.3 is 0 Å². The van der Waals surface area contributed by atoms with Crippen LogP contribution in [0.4, 0.5) is 0 Å². The maximum absolute atomic E-state index is 9.50. The van der Waals surface area contributed by atoms with Crippen LogP contribution >= 0.6 is 0 Å². The average molecular weight is 365 g/mol. The van der Waals surface area contributed by atoms with Crippen molar-refractivity contribution in [3.05, 3.63) is 59.7 Å². The number of hydrogen-bond acceptors (Lipinski definition) is 5. The van der Waals surface area contributed by atoms with E-state index in [1.807, 2.05) is 24.3 Å². The molecule has 142 valence electrons. The van der Waals surface area contributed by atoms with Crippen LogP contribution in [0.25, 0.3) is 0 Å². The first-order valence-electron chi connectivity index (χ1n) is 9.81. The van der Waals surface area contributed by atoms with Crippen LogP contribution in [0.2, 0.25) is 0 Å². The van der Waals surface area contributed by atoms with Crippen LogP contribution in [0.15, 0.2) is 53.5 Å². The summed E-state index contributed by atoms with van der Waals surface area (Å²) in [6.45, 7) is 4.14. The van der Waals surface area contributed by atoms with Gasteiger partial charge in [0.05, 0.1) is 12.4 Å². The van der Waals surface area contributed by atoms with E-state index in [0.29, 0.717) is 0 Å². The molecule has 1 fully saturated rings. The van der Waals surface area contributed by atoms with Crippen molar-refractivity contribution in [2.45, 2.75) is 31.3 Å². The number of hydrogen-bond donors (Lipinski definition) is 2. The second-order valence-electron chi connectivity index (χ2n) is 7.28. The van der Waals surface area contributed by atoms with Gasteiger partial charge in [-0.25, -0.2) is 0 Å². The summed E-state index contributed by atoms with van der Waals surface area (Å²) in [5.74, 6) is 1.19. The highest BCUT2D eigenvalue weighted by atomic mass is 16.5. The van der Waals surface area contributed by atoms with Crippen molar-refractivity contribution >= 4 is 6.34 Å². The smallest absolute Gasteiger partial charge is 0.119 e. The summed E-state index contributed by atoms with van der Waals surface area (Å²) in [5, 5.41) is 12.8. The predicted octanol–water partition coefficient (Wildman–Crippen LogP) is 3.67. The van der Waals surface area contributed by atoms with E-state index in [2.05, 4.69) is 27.3 Å². The van der Waals surface area contributed by atoms with Gasteiger partial charge in [0.15, 0.2) is 0 Å². The van der Waals surface area contributed by atoms with Crippen molar-refractivity contribution in [3.63, 3.8) is 0 Å². The molecule has 2 aliphatic heterocycles. The lowest BCUT2D eigenvalue weighted by Crippen LogP contribution is -2.33. The summed E-state index contributed by atoms with van der Waals surface area (Å²) in [6.07, 6.45) is 5.76. The summed E-state index contributed by atoms with van der Waals surface area (Å²) >= 11 is 0. The van der Waals surface area contributed by atoms with Gasteiger partial charge in [0, 0.05) is 6.54 Å². The first-order valence-corrected chi connectivity index (χ1v) is 9.81. The zero-order valence-electron chi connectivity index (χ0n) is 15.6. The molecule has 2 aromatic rings. The van der Waals surface area contributed by atoms with Crippen LogP contribution < -0.4 is 10.1 Å². The molecule has 1 saturated heterocycles. The molecule has 0 spiro atoms. The summed E-state index contributed by atoms with van der Waals surface area (Å²) in [6, 6.07) is 15.7. The molecule has 4 rings (SSSR count). The van der Waals surface area contributed by atoms with Crippen molar-refractivity contribution in [3.8, 4) is 11.5 Å². The van der Waals surface area contributed by atoms with Gasteiger partial charge in [-0.15, -0.1) is 0 Å². The molecule has 2 aromatic carbocycles. The van der Waals surface area contributed by atoms with Crippen molar-refractivity contribution < 1.29 is 9.84 Å². The van der Waals surface area contributed by atoms with E-state index in [1.165, 1.54) is 32.4 Å². The van der Waals surface area contributed by atoms with Gasteiger partial charge in [0.25, 0.3) is 0 Å². The lowest BCUT2D eigenvalue weighted by Gasteiger charge is -2.26. The number of aliphatic imine (C=N–C) groups is 1. The van der Waals surface area contributed by atoms with Crippen LogP contribution in [0, 0.1) is 0 Å². The van der Waals surface area contributed by atoms with Crippen LogP contribution in [-0.4, -0.2) is 42.6 Å². The van der Waals surface area contributed by atoms with Gasteiger partial charge in [-0.2, -0.15) is 0 Å². The third-order valence-corrected chi connectivity index (χ3v) is 5.40. The number of phenolic OH excluding ortho intramolecular Hbond substituents is 1. The molecule has 5 nitrogen and oxygen atoms in total. The first-order chi connectivity index (χ1) is 13.3. The number of phenols is 1. The van der Waals surface area contributed by atoms with E-state index < -0.39 is 0 Å². The topological polar surface area (TPSA) is 57.1 Å². The zero-order valence-corrected chi connectivity index (χ0v) is 15.6. The highest BCUT2D eigenvalue weighted by Gasteiger charge is 2.27. The number of piperidine rings is 1. The highest BCUT2D eigenvalue weighted by Crippen LogP contribution is 2.35. The summed E-state index contributed by atoms with van der Waals surface area (Å²) in [5.41, 5.74) is 2.26. The Kier molecular flexibility index (Phi) is 5.58. The lowest BCUT2D eigenvalue weighted by atomic mass is 9.95. The molecule has 5 heteroatoms. The highest BCUT2D eigenvalue weighted by molar-refractivity contribution is 5.60. The Morgan fingerprint density at radius 1 is 0.963 bits per heavy atom. The minimum Gasteiger partial charge on any atom is -0.508 e. The fraction of sp³-hybridized carbons (Fsp3) is 0.409. The Balaban J connectivity index is 1.35. The number of aromatic hydroxyl groups is 1. The minimum atomic E-state index is 0.0249. The molecule has 0 aromatic heterocycles. The Bertz CT molecular complexity index is 752. The third-order valence-electron chi connectivity index (χ3n) is 5.40. The van der Waals surface area contributed by atoms with E-state index in [4.69, 9.17) is 4.74 Å². The van der Waals surface area contributed by atoms with Gasteiger partial charge < -0.3 is 15.2 Å². The number of likely N-dealkylation sites (tertiary alicyclic amines) is 1. The second kappa shape index (κ2) is 8.44. The molecule has 2 heterocycles. The second-order valence-corrected chi connectivity index (χ2v) is 7.28. The van der Waals surface area contributed by atoms with Gasteiger partial charge in [0.1, 0.15) is 24.1 Å². The molecule has 2 aliphatic rings. The summed E-state index contributed by atoms with van der Waals surface area (Å²) in [7, 11) is 0. The van der Waals surface area contributed by atoms with Gasteiger partial charge in [-0.1, -0.05) is 30.7 Å². The van der Waals surface area contributed by atoms with E-state index in [9.17, 15) is 5.11 Å². The Labute approximate surface area is 160 Å². The molecule has 0 unspecified atom stereocenters. The van der Waals surface area contributed by atoms with E-state index in [-0.39, 0.29) is 17.8 Å². The van der Waals surface area contributed by atoms with Crippen LogP contribution in [0.5, 0.6) is 11.5 Å². The van der Waals surface area contributed by atoms with Crippen LogP contribution in [0.3, 0.4) is 0 Å². The number of benzene rings is 2. The van der Waals surface area contributed by atoms with Gasteiger partial charge in [-0.3, -0.25) is 9.89 Å². The fourth-order valence-corrected chi connectivity index (χ4v) is 3.86. The maximum Gasteiger partial charge on any atom is 0.119 e.